The van der Waals surface area contributed by atoms with Gasteiger partial charge in [-0.2, -0.15) is 0 Å². The van der Waals surface area contributed by atoms with E-state index in [1.54, 1.807) is 32.0 Å². The molecule has 0 aromatic heterocycles. The number of carbonyl (C=O) groups is 2. The molecule has 152 valence electrons. The van der Waals surface area contributed by atoms with Gasteiger partial charge in [0, 0.05) is 22.3 Å². The number of hydrogen-bond donors (Lipinski definition) is 1. The second-order valence-corrected chi connectivity index (χ2v) is 9.24. The molecule has 1 aliphatic rings. The number of nitrogens with one attached hydrogen (secondary N) is 1. The number of rotatable bonds is 4. The normalized spacial score (nSPS) is 15.0. The molecule has 3 rings (SSSR count). The summed E-state index contributed by atoms with van der Waals surface area (Å²) in [5, 5.41) is 3.93. The average Bonchev–Trinajstić information content (AvgIpc) is 2.85. The maximum atomic E-state index is 13.1. The van der Waals surface area contributed by atoms with Crippen LogP contribution in [0.4, 0.5) is 5.69 Å². The van der Waals surface area contributed by atoms with Crippen LogP contribution in [0, 0.1) is 0 Å². The van der Waals surface area contributed by atoms with Gasteiger partial charge < -0.3 is 5.32 Å². The van der Waals surface area contributed by atoms with Gasteiger partial charge in [-0.05, 0) is 49.1 Å². The van der Waals surface area contributed by atoms with Crippen molar-refractivity contribution >= 4 is 46.3 Å². The Balaban J connectivity index is 2.08. The fourth-order valence-corrected chi connectivity index (χ4v) is 3.77. The quantitative estimate of drug-likeness (QED) is 0.614. The van der Waals surface area contributed by atoms with Gasteiger partial charge >= 0.3 is 0 Å². The van der Waals surface area contributed by atoms with Crippen LogP contribution < -0.4 is 5.32 Å². The van der Waals surface area contributed by atoms with E-state index >= 15 is 0 Å². The number of halogens is 2. The highest BCUT2D eigenvalue weighted by molar-refractivity contribution is 6.41. The minimum atomic E-state index is -0.372. The zero-order valence-corrected chi connectivity index (χ0v) is 18.7. The lowest BCUT2D eigenvalue weighted by Gasteiger charge is -2.20. The summed E-state index contributed by atoms with van der Waals surface area (Å²) in [6, 6.07) is 12.4. The van der Waals surface area contributed by atoms with Gasteiger partial charge in [0.05, 0.1) is 10.6 Å². The predicted octanol–water partition coefficient (Wildman–Crippen LogP) is 5.89. The van der Waals surface area contributed by atoms with E-state index in [9.17, 15) is 9.59 Å². The summed E-state index contributed by atoms with van der Waals surface area (Å²) in [5.41, 5.74) is 2.87. The van der Waals surface area contributed by atoms with E-state index in [0.29, 0.717) is 15.6 Å². The van der Waals surface area contributed by atoms with Crippen molar-refractivity contribution in [2.75, 3.05) is 5.32 Å². The molecule has 0 radical (unpaired) electrons. The van der Waals surface area contributed by atoms with Crippen molar-refractivity contribution in [1.29, 1.82) is 0 Å². The molecule has 0 bridgehead atoms. The molecule has 29 heavy (non-hydrogen) atoms. The van der Waals surface area contributed by atoms with Crippen LogP contribution in [0.15, 0.2) is 48.2 Å². The lowest BCUT2D eigenvalue weighted by Crippen LogP contribution is -2.38. The van der Waals surface area contributed by atoms with Crippen molar-refractivity contribution in [2.24, 2.45) is 0 Å². The third-order valence-electron chi connectivity index (χ3n) is 4.85. The maximum Gasteiger partial charge on any atom is 0.278 e. The monoisotopic (exact) mass is 430 g/mol. The molecular formula is C23H24Cl2N2O2. The van der Waals surface area contributed by atoms with Crippen LogP contribution in [0.2, 0.25) is 10.0 Å². The van der Waals surface area contributed by atoms with E-state index in [0.717, 1.165) is 5.69 Å². The zero-order valence-electron chi connectivity index (χ0n) is 17.1. The van der Waals surface area contributed by atoms with Crippen molar-refractivity contribution < 1.29 is 9.59 Å². The third kappa shape index (κ3) is 4.19. The average molecular weight is 431 g/mol. The smallest absolute Gasteiger partial charge is 0.278 e. The summed E-state index contributed by atoms with van der Waals surface area (Å²) < 4.78 is 0. The Morgan fingerprint density at radius 1 is 0.931 bits per heavy atom. The van der Waals surface area contributed by atoms with Crippen LogP contribution in [-0.2, 0) is 15.0 Å². The van der Waals surface area contributed by atoms with Gasteiger partial charge in [0.15, 0.2) is 0 Å². The molecule has 0 fully saturated rings. The minimum Gasteiger partial charge on any atom is -0.350 e. The summed E-state index contributed by atoms with van der Waals surface area (Å²) in [6.45, 7) is 10.0. The van der Waals surface area contributed by atoms with Crippen molar-refractivity contribution in [2.45, 2.75) is 46.1 Å². The number of carbonyl (C=O) groups excluding carboxylic acids is 2. The number of anilines is 1. The molecular weight excluding hydrogens is 407 g/mol. The van der Waals surface area contributed by atoms with Gasteiger partial charge in [0.25, 0.3) is 11.8 Å². The van der Waals surface area contributed by atoms with E-state index in [1.165, 1.54) is 10.5 Å². The molecule has 1 aliphatic heterocycles. The summed E-state index contributed by atoms with van der Waals surface area (Å²) in [7, 11) is 0. The molecule has 4 nitrogen and oxygen atoms in total. The molecule has 2 aromatic carbocycles. The highest BCUT2D eigenvalue weighted by atomic mass is 35.5. The molecule has 0 aliphatic carbocycles. The molecule has 0 spiro atoms. The first kappa shape index (κ1) is 21.4. The lowest BCUT2D eigenvalue weighted by atomic mass is 9.87. The van der Waals surface area contributed by atoms with Crippen molar-refractivity contribution in [3.63, 3.8) is 0 Å². The molecule has 2 amide bonds. The van der Waals surface area contributed by atoms with Gasteiger partial charge in [-0.25, -0.2) is 0 Å². The number of benzene rings is 2. The Bertz CT molecular complexity index is 1000. The summed E-state index contributed by atoms with van der Waals surface area (Å²) in [6.07, 6.45) is 0. The van der Waals surface area contributed by atoms with Gasteiger partial charge in [0.2, 0.25) is 0 Å². The largest absolute Gasteiger partial charge is 0.350 e. The first-order valence-corrected chi connectivity index (χ1v) is 10.2. The van der Waals surface area contributed by atoms with Crippen LogP contribution in [0.5, 0.6) is 0 Å². The third-order valence-corrected chi connectivity index (χ3v) is 5.40. The van der Waals surface area contributed by atoms with Gasteiger partial charge in [-0.1, -0.05) is 62.2 Å². The van der Waals surface area contributed by atoms with Crippen LogP contribution in [0.3, 0.4) is 0 Å². The SMILES string of the molecule is CC(C)N1C(=O)C(Nc2ccc(C(C)(C)C)cc2)=C(c2ccc(Cl)cc2Cl)C1=O. The van der Waals surface area contributed by atoms with Crippen molar-refractivity contribution in [3.8, 4) is 0 Å². The highest BCUT2D eigenvalue weighted by Crippen LogP contribution is 2.36. The summed E-state index contributed by atoms with van der Waals surface area (Å²) in [4.78, 5) is 27.4. The predicted molar refractivity (Wildman–Crippen MR) is 119 cm³/mol. The second-order valence-electron chi connectivity index (χ2n) is 8.40. The standard InChI is InChI=1S/C23H24Cl2N2O2/c1-13(2)27-21(28)19(17-11-8-15(24)12-18(17)25)20(22(27)29)26-16-9-6-14(7-10-16)23(3,4)5/h6-13,26H,1-5H3. The van der Waals surface area contributed by atoms with Crippen molar-refractivity contribution in [1.82, 2.24) is 4.90 Å². The molecule has 0 saturated carbocycles. The second kappa shape index (κ2) is 7.85. The van der Waals surface area contributed by atoms with Crippen LogP contribution in [0.25, 0.3) is 5.57 Å². The van der Waals surface area contributed by atoms with Crippen molar-refractivity contribution in [3.05, 3.63) is 69.3 Å². The Kier molecular flexibility index (Phi) is 5.79. The highest BCUT2D eigenvalue weighted by Gasteiger charge is 2.41. The van der Waals surface area contributed by atoms with E-state index in [1.807, 2.05) is 24.3 Å². The van der Waals surface area contributed by atoms with Gasteiger partial charge in [-0.15, -0.1) is 0 Å². The fourth-order valence-electron chi connectivity index (χ4n) is 3.27. The Morgan fingerprint density at radius 2 is 1.55 bits per heavy atom. The van der Waals surface area contributed by atoms with Crippen LogP contribution in [0.1, 0.15) is 45.7 Å². The first-order chi connectivity index (χ1) is 13.5. The fraction of sp³-hybridized carbons (Fsp3) is 0.304. The number of imide groups is 1. The van der Waals surface area contributed by atoms with E-state index in [-0.39, 0.29) is 34.5 Å². The molecule has 1 heterocycles. The van der Waals surface area contributed by atoms with Gasteiger partial charge in [0.1, 0.15) is 5.70 Å². The molecule has 0 unspecified atom stereocenters. The zero-order chi connectivity index (χ0) is 21.5. The lowest BCUT2D eigenvalue weighted by molar-refractivity contribution is -0.138. The maximum absolute atomic E-state index is 13.1. The molecule has 0 atom stereocenters. The molecule has 0 saturated heterocycles. The Hall–Kier alpha value is -2.30. The first-order valence-electron chi connectivity index (χ1n) is 9.46. The summed E-state index contributed by atoms with van der Waals surface area (Å²) in [5.74, 6) is -0.742. The van der Waals surface area contributed by atoms with E-state index in [2.05, 4.69) is 26.1 Å². The topological polar surface area (TPSA) is 49.4 Å². The number of nitrogens with zero attached hydrogens (tertiary/aromatic N) is 1. The van der Waals surface area contributed by atoms with E-state index in [4.69, 9.17) is 23.2 Å². The van der Waals surface area contributed by atoms with Crippen LogP contribution in [-0.4, -0.2) is 22.8 Å². The summed E-state index contributed by atoms with van der Waals surface area (Å²) >= 11 is 12.4. The number of amides is 2. The number of hydrogen-bond acceptors (Lipinski definition) is 3. The molecule has 2 aromatic rings. The Morgan fingerprint density at radius 3 is 2.07 bits per heavy atom. The van der Waals surface area contributed by atoms with Crippen LogP contribution >= 0.6 is 23.2 Å². The molecule has 1 N–H and O–H groups in total. The van der Waals surface area contributed by atoms with E-state index < -0.39 is 0 Å². The molecule has 6 heteroatoms. The Labute approximate surface area is 181 Å². The van der Waals surface area contributed by atoms with Gasteiger partial charge in [-0.3, -0.25) is 14.5 Å². The minimum absolute atomic E-state index is 0.0212.